The van der Waals surface area contributed by atoms with Crippen LogP contribution in [0.2, 0.25) is 0 Å². The van der Waals surface area contributed by atoms with Gasteiger partial charge in [0.2, 0.25) is 11.8 Å². The summed E-state index contributed by atoms with van der Waals surface area (Å²) in [5, 5.41) is 2.81. The highest BCUT2D eigenvalue weighted by Gasteiger charge is 2.53. The minimum Gasteiger partial charge on any atom is -0.480 e. The van der Waals surface area contributed by atoms with Crippen LogP contribution in [0.4, 0.5) is 13.2 Å². The maximum absolute atomic E-state index is 13.5. The number of carbonyl (C=O) groups excluding carboxylic acids is 2. The van der Waals surface area contributed by atoms with Gasteiger partial charge in [-0.15, -0.1) is 0 Å². The molecular weight excluding hydrogens is 477 g/mol. The van der Waals surface area contributed by atoms with Crippen LogP contribution in [-0.4, -0.2) is 60.3 Å². The molecule has 198 valence electrons. The summed E-state index contributed by atoms with van der Waals surface area (Å²) in [6.45, 7) is 4.19. The van der Waals surface area contributed by atoms with E-state index >= 15 is 0 Å². The standard InChI is InChI=1S/C25H33F3N4O4/c1-4-24(2)13-21(33)32(23(29)31-24)18(9-10-35-3)15-11-16(15)22(34)30-17-12-20(25(26,27)28)36-19-8-6-5-7-14(17)19/h5-8,15-18,20H,4,9-13H2,1-3H3,(H2,29,31)(H,30,34)/t15-,16-,17-,18+,20+,24+/m0/s1. The first-order valence-electron chi connectivity index (χ1n) is 12.3. The molecule has 0 radical (unpaired) electrons. The third-order valence-electron chi connectivity index (χ3n) is 7.51. The largest absolute Gasteiger partial charge is 0.480 e. The van der Waals surface area contributed by atoms with Crippen molar-refractivity contribution in [2.24, 2.45) is 22.6 Å². The lowest BCUT2D eigenvalue weighted by atomic mass is 9.92. The zero-order valence-electron chi connectivity index (χ0n) is 20.7. The molecule has 1 aliphatic carbocycles. The summed E-state index contributed by atoms with van der Waals surface area (Å²) in [6, 6.07) is 5.21. The van der Waals surface area contributed by atoms with E-state index < -0.39 is 36.2 Å². The lowest BCUT2D eigenvalue weighted by molar-refractivity contribution is -0.201. The Bertz CT molecular complexity index is 1030. The van der Waals surface area contributed by atoms with Crippen LogP contribution >= 0.6 is 0 Å². The van der Waals surface area contributed by atoms with Crippen LogP contribution in [0, 0.1) is 11.8 Å². The van der Waals surface area contributed by atoms with Crippen molar-refractivity contribution in [1.29, 1.82) is 0 Å². The van der Waals surface area contributed by atoms with Crippen molar-refractivity contribution in [3.05, 3.63) is 29.8 Å². The van der Waals surface area contributed by atoms with Crippen molar-refractivity contribution in [1.82, 2.24) is 10.2 Å². The second-order valence-corrected chi connectivity index (χ2v) is 10.1. The first-order valence-corrected chi connectivity index (χ1v) is 12.3. The molecule has 11 heteroatoms. The number of nitrogens with zero attached hydrogens (tertiary/aromatic N) is 2. The molecule has 3 N–H and O–H groups in total. The van der Waals surface area contributed by atoms with Crippen molar-refractivity contribution >= 4 is 17.8 Å². The quantitative estimate of drug-likeness (QED) is 0.558. The SMILES string of the molecule is CC[C@]1(C)CC(=O)N([C@H](CCOC)[C@H]2C[C@@H]2C(=O)N[C@H]2C[C@H](C(F)(F)F)Oc3ccccc32)C(N)=N1. The van der Waals surface area contributed by atoms with E-state index in [1.54, 1.807) is 25.3 Å². The Morgan fingerprint density at radius 1 is 1.36 bits per heavy atom. The fourth-order valence-corrected chi connectivity index (χ4v) is 5.22. The summed E-state index contributed by atoms with van der Waals surface area (Å²) in [5.74, 6) is -0.893. The molecule has 1 fully saturated rings. The topological polar surface area (TPSA) is 106 Å². The number of aliphatic imine (C=N–C) groups is 1. The van der Waals surface area contributed by atoms with E-state index in [1.165, 1.54) is 11.0 Å². The van der Waals surface area contributed by atoms with Crippen LogP contribution in [0.15, 0.2) is 29.3 Å². The first kappa shape index (κ1) is 26.2. The van der Waals surface area contributed by atoms with E-state index in [0.717, 1.165) is 0 Å². The Labute approximate surface area is 208 Å². The molecule has 1 aromatic carbocycles. The number of para-hydroxylation sites is 1. The Hall–Kier alpha value is -2.82. The molecule has 2 aliphatic heterocycles. The lowest BCUT2D eigenvalue weighted by Gasteiger charge is -2.39. The Kier molecular flexibility index (Phi) is 7.23. The summed E-state index contributed by atoms with van der Waals surface area (Å²) < 4.78 is 50.7. The number of nitrogens with one attached hydrogen (secondary N) is 1. The van der Waals surface area contributed by atoms with Gasteiger partial charge >= 0.3 is 6.18 Å². The fourth-order valence-electron chi connectivity index (χ4n) is 5.22. The number of benzene rings is 1. The van der Waals surface area contributed by atoms with Crippen LogP contribution in [0.5, 0.6) is 5.75 Å². The Balaban J connectivity index is 1.50. The normalized spacial score (nSPS) is 30.7. The van der Waals surface area contributed by atoms with Gasteiger partial charge in [0.25, 0.3) is 0 Å². The number of rotatable bonds is 8. The van der Waals surface area contributed by atoms with Crippen molar-refractivity contribution in [3.8, 4) is 5.75 Å². The van der Waals surface area contributed by atoms with Gasteiger partial charge in [-0.3, -0.25) is 14.5 Å². The number of hydrogen-bond donors (Lipinski definition) is 2. The average Bonchev–Trinajstić information content (AvgIpc) is 3.61. The highest BCUT2D eigenvalue weighted by Crippen LogP contribution is 2.47. The predicted octanol–water partition coefficient (Wildman–Crippen LogP) is 3.31. The summed E-state index contributed by atoms with van der Waals surface area (Å²) in [4.78, 5) is 32.3. The number of methoxy groups -OCH3 is 1. The molecular formula is C25H33F3N4O4. The predicted molar refractivity (Wildman–Crippen MR) is 126 cm³/mol. The third kappa shape index (κ3) is 5.30. The summed E-state index contributed by atoms with van der Waals surface area (Å²) in [7, 11) is 1.55. The second kappa shape index (κ2) is 9.91. The number of alkyl halides is 3. The van der Waals surface area contributed by atoms with E-state index in [0.29, 0.717) is 31.4 Å². The molecule has 4 rings (SSSR count). The number of amides is 2. The highest BCUT2D eigenvalue weighted by molar-refractivity contribution is 5.99. The van der Waals surface area contributed by atoms with E-state index in [9.17, 15) is 22.8 Å². The van der Waals surface area contributed by atoms with Gasteiger partial charge in [0, 0.05) is 37.7 Å². The lowest BCUT2D eigenvalue weighted by Crippen LogP contribution is -2.56. The van der Waals surface area contributed by atoms with Crippen LogP contribution in [0.1, 0.15) is 57.6 Å². The summed E-state index contributed by atoms with van der Waals surface area (Å²) >= 11 is 0. The number of guanidine groups is 1. The van der Waals surface area contributed by atoms with Gasteiger partial charge in [-0.1, -0.05) is 25.1 Å². The second-order valence-electron chi connectivity index (χ2n) is 10.1. The molecule has 2 heterocycles. The van der Waals surface area contributed by atoms with E-state index in [-0.39, 0.29) is 41.9 Å². The minimum atomic E-state index is -4.55. The van der Waals surface area contributed by atoms with Gasteiger partial charge in [0.1, 0.15) is 5.75 Å². The van der Waals surface area contributed by atoms with Crippen LogP contribution in [0.3, 0.4) is 0 Å². The molecule has 0 saturated heterocycles. The van der Waals surface area contributed by atoms with Gasteiger partial charge in [0.05, 0.1) is 18.0 Å². The minimum absolute atomic E-state index is 0.114. The highest BCUT2D eigenvalue weighted by atomic mass is 19.4. The molecule has 0 bridgehead atoms. The maximum Gasteiger partial charge on any atom is 0.425 e. The van der Waals surface area contributed by atoms with Gasteiger partial charge in [-0.05, 0) is 38.2 Å². The molecule has 8 nitrogen and oxygen atoms in total. The molecule has 0 unspecified atom stereocenters. The third-order valence-corrected chi connectivity index (χ3v) is 7.51. The first-order chi connectivity index (χ1) is 17.0. The fraction of sp³-hybridized carbons (Fsp3) is 0.640. The summed E-state index contributed by atoms with van der Waals surface area (Å²) in [5.41, 5.74) is 6.19. The van der Waals surface area contributed by atoms with Crippen molar-refractivity contribution < 1.29 is 32.2 Å². The van der Waals surface area contributed by atoms with E-state index in [4.69, 9.17) is 15.2 Å². The molecule has 6 atom stereocenters. The zero-order chi connectivity index (χ0) is 26.3. The molecule has 3 aliphatic rings. The molecule has 0 aromatic heterocycles. The van der Waals surface area contributed by atoms with Gasteiger partial charge in [-0.25, -0.2) is 4.99 Å². The molecule has 2 amide bonds. The van der Waals surface area contributed by atoms with E-state index in [1.807, 2.05) is 13.8 Å². The molecule has 0 spiro atoms. The number of halogens is 3. The van der Waals surface area contributed by atoms with Gasteiger partial charge in [0.15, 0.2) is 12.1 Å². The van der Waals surface area contributed by atoms with Gasteiger partial charge in [-0.2, -0.15) is 13.2 Å². The molecule has 36 heavy (non-hydrogen) atoms. The number of nitrogens with two attached hydrogens (primary N) is 1. The number of fused-ring (bicyclic) bond motifs is 1. The average molecular weight is 511 g/mol. The van der Waals surface area contributed by atoms with Crippen LogP contribution in [0.25, 0.3) is 0 Å². The van der Waals surface area contributed by atoms with Crippen molar-refractivity contribution in [2.45, 2.75) is 75.9 Å². The zero-order valence-corrected chi connectivity index (χ0v) is 20.7. The van der Waals surface area contributed by atoms with Gasteiger partial charge < -0.3 is 20.5 Å². The maximum atomic E-state index is 13.5. The molecule has 1 saturated carbocycles. The number of hydrogen-bond acceptors (Lipinski definition) is 6. The monoisotopic (exact) mass is 510 g/mol. The number of carbonyl (C=O) groups is 2. The van der Waals surface area contributed by atoms with Crippen molar-refractivity contribution in [3.63, 3.8) is 0 Å². The van der Waals surface area contributed by atoms with Crippen molar-refractivity contribution in [2.75, 3.05) is 13.7 Å². The smallest absolute Gasteiger partial charge is 0.425 e. The summed E-state index contributed by atoms with van der Waals surface area (Å²) in [6.07, 6.45) is -5.12. The van der Waals surface area contributed by atoms with Crippen LogP contribution in [-0.2, 0) is 14.3 Å². The number of ether oxygens (including phenoxy) is 2. The van der Waals surface area contributed by atoms with E-state index in [2.05, 4.69) is 10.3 Å². The Morgan fingerprint density at radius 3 is 2.72 bits per heavy atom. The Morgan fingerprint density at radius 2 is 2.08 bits per heavy atom. The molecule has 1 aromatic rings. The van der Waals surface area contributed by atoms with Crippen LogP contribution < -0.4 is 15.8 Å².